The van der Waals surface area contributed by atoms with Gasteiger partial charge in [-0.3, -0.25) is 0 Å². The van der Waals surface area contributed by atoms with E-state index >= 15 is 0 Å². The molecule has 0 saturated carbocycles. The van der Waals surface area contributed by atoms with E-state index in [1.807, 2.05) is 0 Å². The molecule has 1 aliphatic heterocycles. The van der Waals surface area contributed by atoms with E-state index in [1.54, 1.807) is 6.92 Å². The highest BCUT2D eigenvalue weighted by Gasteiger charge is 2.36. The zero-order chi connectivity index (χ0) is 14.4. The first kappa shape index (κ1) is 14.6. The molecule has 3 nitrogen and oxygen atoms in total. The lowest BCUT2D eigenvalue weighted by Crippen LogP contribution is -2.31. The van der Waals surface area contributed by atoms with Crippen LogP contribution in [0.3, 0.4) is 0 Å². The second kappa shape index (κ2) is 4.96. The van der Waals surface area contributed by atoms with Gasteiger partial charge in [-0.2, -0.15) is 13.2 Å². The molecule has 1 aromatic heterocycles. The van der Waals surface area contributed by atoms with Crippen molar-refractivity contribution in [2.75, 3.05) is 4.90 Å². The third kappa shape index (κ3) is 2.73. The Hall–Kier alpha value is -0.790. The molecule has 0 aliphatic carbocycles. The van der Waals surface area contributed by atoms with Crippen LogP contribution in [0.4, 0.5) is 19.0 Å². The fourth-order valence-corrected chi connectivity index (χ4v) is 2.36. The summed E-state index contributed by atoms with van der Waals surface area (Å²) in [6, 6.07) is 0.867. The van der Waals surface area contributed by atoms with Gasteiger partial charge in [-0.05, 0) is 22.0 Å². The Balaban J connectivity index is 2.43. The average Bonchev–Trinajstić information content (AvgIpc) is 2.56. The van der Waals surface area contributed by atoms with Gasteiger partial charge in [-0.25, -0.2) is 4.98 Å². The third-order valence-electron chi connectivity index (χ3n) is 2.84. The minimum Gasteiger partial charge on any atom is -0.373 e. The molecule has 0 bridgehead atoms. The molecule has 19 heavy (non-hydrogen) atoms. The number of aromatic nitrogens is 1. The number of hydrogen-bond acceptors (Lipinski definition) is 3. The molecule has 8 heteroatoms. The quantitative estimate of drug-likeness (QED) is 0.832. The molecule has 0 saturated heterocycles. The van der Waals surface area contributed by atoms with Gasteiger partial charge in [0.25, 0.3) is 0 Å². The van der Waals surface area contributed by atoms with Crippen molar-refractivity contribution < 1.29 is 18.3 Å². The van der Waals surface area contributed by atoms with E-state index in [0.717, 1.165) is 12.3 Å². The van der Waals surface area contributed by atoms with Gasteiger partial charge in [0, 0.05) is 27.8 Å². The normalized spacial score (nSPS) is 23.7. The lowest BCUT2D eigenvalue weighted by Gasteiger charge is -2.23. The smallest absolute Gasteiger partial charge is 0.373 e. The molecule has 0 spiro atoms. The number of nitrogens with zero attached hydrogens (tertiary/aromatic N) is 2. The van der Waals surface area contributed by atoms with Crippen LogP contribution >= 0.6 is 27.5 Å². The van der Waals surface area contributed by atoms with E-state index in [-0.39, 0.29) is 16.2 Å². The number of halogens is 5. The first-order valence-corrected chi connectivity index (χ1v) is 6.45. The van der Waals surface area contributed by atoms with Crippen LogP contribution in [0, 0.1) is 5.92 Å². The second-order valence-corrected chi connectivity index (χ2v) is 5.43. The highest BCUT2D eigenvalue weighted by Crippen LogP contribution is 2.38. The highest BCUT2D eigenvalue weighted by molar-refractivity contribution is 9.10. The van der Waals surface area contributed by atoms with Crippen molar-refractivity contribution in [3.05, 3.63) is 33.5 Å². The van der Waals surface area contributed by atoms with Crippen molar-refractivity contribution in [1.29, 1.82) is 0 Å². The zero-order valence-electron chi connectivity index (χ0n) is 9.62. The van der Waals surface area contributed by atoms with Crippen LogP contribution in [-0.2, 0) is 6.18 Å². The van der Waals surface area contributed by atoms with Gasteiger partial charge in [-0.15, -0.1) is 0 Å². The van der Waals surface area contributed by atoms with Crippen LogP contribution in [0.15, 0.2) is 28.0 Å². The summed E-state index contributed by atoms with van der Waals surface area (Å²) < 4.78 is 38.2. The number of anilines is 1. The molecule has 0 radical (unpaired) electrons. The van der Waals surface area contributed by atoms with E-state index in [2.05, 4.69) is 20.9 Å². The lowest BCUT2D eigenvalue weighted by atomic mass is 10.2. The van der Waals surface area contributed by atoms with Crippen LogP contribution < -0.4 is 4.90 Å². The molecule has 2 atom stereocenters. The minimum atomic E-state index is -4.50. The largest absolute Gasteiger partial charge is 0.417 e. The lowest BCUT2D eigenvalue weighted by molar-refractivity contribution is -0.138. The van der Waals surface area contributed by atoms with E-state index in [1.165, 1.54) is 11.1 Å². The molecule has 2 unspecified atom stereocenters. The Bertz CT molecular complexity index is 535. The van der Waals surface area contributed by atoms with E-state index in [0.29, 0.717) is 5.03 Å². The summed E-state index contributed by atoms with van der Waals surface area (Å²) in [5.74, 6) is -0.382. The molecule has 0 aromatic carbocycles. The molecular weight excluding hydrogens is 348 g/mol. The van der Waals surface area contributed by atoms with Crippen LogP contribution in [-0.4, -0.2) is 16.3 Å². The van der Waals surface area contributed by atoms with Gasteiger partial charge in [0.2, 0.25) is 0 Å². The maximum atomic E-state index is 12.8. The summed E-state index contributed by atoms with van der Waals surface area (Å²) in [6.07, 6.45) is -3.09. The van der Waals surface area contributed by atoms with E-state index < -0.39 is 18.0 Å². The van der Waals surface area contributed by atoms with Gasteiger partial charge in [0.1, 0.15) is 12.0 Å². The number of hydrogen-bond donors (Lipinski definition) is 1. The standard InChI is InChI=1S/C11H9BrClF3N2O/c1-5-8(13)4-18(10(5)19)9-2-6(11(14,15)16)7(12)3-17-9/h2-5,10,19H,1H3. The Morgan fingerprint density at radius 2 is 2.11 bits per heavy atom. The predicted octanol–water partition coefficient (Wildman–Crippen LogP) is 3.72. The molecular formula is C11H9BrClF3N2O. The summed E-state index contributed by atoms with van der Waals surface area (Å²) in [4.78, 5) is 5.09. The fourth-order valence-electron chi connectivity index (χ4n) is 1.70. The molecule has 1 aliphatic rings. The van der Waals surface area contributed by atoms with Gasteiger partial charge in [0.05, 0.1) is 5.56 Å². The number of pyridine rings is 1. The molecule has 2 rings (SSSR count). The van der Waals surface area contributed by atoms with Gasteiger partial charge >= 0.3 is 6.18 Å². The Labute approximate surface area is 120 Å². The first-order chi connectivity index (χ1) is 8.71. The molecule has 0 amide bonds. The van der Waals surface area contributed by atoms with Gasteiger partial charge in [0.15, 0.2) is 0 Å². The van der Waals surface area contributed by atoms with Crippen LogP contribution in [0.2, 0.25) is 0 Å². The topological polar surface area (TPSA) is 36.4 Å². The van der Waals surface area contributed by atoms with Crippen molar-refractivity contribution >= 4 is 33.3 Å². The average molecular weight is 358 g/mol. The third-order valence-corrected chi connectivity index (χ3v) is 3.91. The van der Waals surface area contributed by atoms with Crippen molar-refractivity contribution in [2.24, 2.45) is 5.92 Å². The molecule has 2 heterocycles. The maximum absolute atomic E-state index is 12.8. The Kier molecular flexibility index (Phi) is 3.81. The number of aliphatic hydroxyl groups excluding tert-OH is 1. The SMILES string of the molecule is CC1C(Cl)=CN(c2cc(C(F)(F)F)c(Br)cn2)C1O. The molecule has 104 valence electrons. The first-order valence-electron chi connectivity index (χ1n) is 5.28. The minimum absolute atomic E-state index is 0.00877. The van der Waals surface area contributed by atoms with Crippen molar-refractivity contribution in [3.63, 3.8) is 0 Å². The van der Waals surface area contributed by atoms with Gasteiger partial charge in [-0.1, -0.05) is 18.5 Å². The summed E-state index contributed by atoms with van der Waals surface area (Å²) in [7, 11) is 0. The van der Waals surface area contributed by atoms with Crippen LogP contribution in [0.25, 0.3) is 0 Å². The number of rotatable bonds is 1. The fraction of sp³-hybridized carbons (Fsp3) is 0.364. The van der Waals surface area contributed by atoms with E-state index in [9.17, 15) is 18.3 Å². The monoisotopic (exact) mass is 356 g/mol. The Morgan fingerprint density at radius 1 is 1.47 bits per heavy atom. The summed E-state index contributed by atoms with van der Waals surface area (Å²) >= 11 is 8.67. The predicted molar refractivity (Wildman–Crippen MR) is 68.5 cm³/mol. The van der Waals surface area contributed by atoms with E-state index in [4.69, 9.17) is 11.6 Å². The number of aliphatic hydroxyl groups is 1. The van der Waals surface area contributed by atoms with Gasteiger partial charge < -0.3 is 10.0 Å². The van der Waals surface area contributed by atoms with Crippen molar-refractivity contribution in [2.45, 2.75) is 19.3 Å². The number of alkyl halides is 3. The van der Waals surface area contributed by atoms with Crippen molar-refractivity contribution in [1.82, 2.24) is 4.98 Å². The second-order valence-electron chi connectivity index (χ2n) is 4.14. The molecule has 1 aromatic rings. The van der Waals surface area contributed by atoms with Crippen molar-refractivity contribution in [3.8, 4) is 0 Å². The maximum Gasteiger partial charge on any atom is 0.417 e. The summed E-state index contributed by atoms with van der Waals surface area (Å²) in [6.45, 7) is 1.67. The highest BCUT2D eigenvalue weighted by atomic mass is 79.9. The van der Waals surface area contributed by atoms with Crippen LogP contribution in [0.5, 0.6) is 0 Å². The summed E-state index contributed by atoms with van der Waals surface area (Å²) in [5.41, 5.74) is -0.853. The Morgan fingerprint density at radius 3 is 2.58 bits per heavy atom. The molecule has 0 fully saturated rings. The summed E-state index contributed by atoms with van der Waals surface area (Å²) in [5, 5.41) is 10.3. The van der Waals surface area contributed by atoms with Crippen LogP contribution in [0.1, 0.15) is 12.5 Å². The zero-order valence-corrected chi connectivity index (χ0v) is 12.0. The molecule has 1 N–H and O–H groups in total.